The number of para-hydroxylation sites is 1. The van der Waals surface area contributed by atoms with Crippen molar-refractivity contribution in [2.75, 3.05) is 32.5 Å². The molecule has 0 aliphatic heterocycles. The third kappa shape index (κ3) is 5.86. The zero-order chi connectivity index (χ0) is 21.4. The molecule has 0 unspecified atom stereocenters. The molecule has 4 N–H and O–H groups in total. The SMILES string of the molecule is C=N/C(N)=C(\N=C/C)C(=O)NCc1cc2cccc(C)c2nc1NCCN(C)C. The lowest BCUT2D eigenvalue weighted by molar-refractivity contribution is -0.117. The van der Waals surface area contributed by atoms with Crippen molar-refractivity contribution >= 4 is 35.6 Å². The van der Waals surface area contributed by atoms with E-state index < -0.39 is 5.91 Å². The lowest BCUT2D eigenvalue weighted by Crippen LogP contribution is -2.27. The Morgan fingerprint density at radius 3 is 2.79 bits per heavy atom. The second-order valence-corrected chi connectivity index (χ2v) is 6.83. The molecular formula is C21H29N7O. The monoisotopic (exact) mass is 395 g/mol. The summed E-state index contributed by atoms with van der Waals surface area (Å²) in [5, 5.41) is 7.24. The van der Waals surface area contributed by atoms with Crippen LogP contribution in [0.3, 0.4) is 0 Å². The fourth-order valence-corrected chi connectivity index (χ4v) is 2.78. The summed E-state index contributed by atoms with van der Waals surface area (Å²) in [6.07, 6.45) is 1.49. The molecule has 1 aromatic carbocycles. The fourth-order valence-electron chi connectivity index (χ4n) is 2.78. The van der Waals surface area contributed by atoms with Gasteiger partial charge in [0, 0.05) is 36.8 Å². The zero-order valence-electron chi connectivity index (χ0n) is 17.5. The number of aryl methyl sites for hydroxylation is 1. The summed E-state index contributed by atoms with van der Waals surface area (Å²) >= 11 is 0. The van der Waals surface area contributed by atoms with Gasteiger partial charge in [0.1, 0.15) is 5.82 Å². The first-order valence-electron chi connectivity index (χ1n) is 9.38. The number of aliphatic imine (C=N–C) groups is 2. The summed E-state index contributed by atoms with van der Waals surface area (Å²) in [5.74, 6) is 0.307. The second-order valence-electron chi connectivity index (χ2n) is 6.83. The van der Waals surface area contributed by atoms with Gasteiger partial charge in [-0.25, -0.2) is 9.98 Å². The molecule has 1 aromatic heterocycles. The minimum Gasteiger partial charge on any atom is -0.382 e. The first-order chi connectivity index (χ1) is 13.9. The molecule has 0 saturated heterocycles. The highest BCUT2D eigenvalue weighted by Crippen LogP contribution is 2.23. The number of nitrogens with two attached hydrogens (primary N) is 1. The first-order valence-corrected chi connectivity index (χ1v) is 9.38. The average Bonchev–Trinajstić information content (AvgIpc) is 2.69. The first kappa shape index (κ1) is 22.0. The van der Waals surface area contributed by atoms with Gasteiger partial charge in [0.25, 0.3) is 5.91 Å². The van der Waals surface area contributed by atoms with Crippen LogP contribution in [0.25, 0.3) is 10.9 Å². The van der Waals surface area contributed by atoms with E-state index in [-0.39, 0.29) is 18.1 Å². The molecule has 8 heteroatoms. The van der Waals surface area contributed by atoms with Crippen LogP contribution in [0.1, 0.15) is 18.1 Å². The summed E-state index contributed by atoms with van der Waals surface area (Å²) in [5.41, 5.74) is 8.68. The highest BCUT2D eigenvalue weighted by Gasteiger charge is 2.14. The van der Waals surface area contributed by atoms with Crippen LogP contribution in [0, 0.1) is 6.92 Å². The van der Waals surface area contributed by atoms with Gasteiger partial charge in [-0.1, -0.05) is 18.2 Å². The number of carbonyl (C=O) groups is 1. The van der Waals surface area contributed by atoms with Crippen molar-refractivity contribution in [3.8, 4) is 0 Å². The molecule has 29 heavy (non-hydrogen) atoms. The molecule has 1 heterocycles. The topological polar surface area (TPSA) is 108 Å². The molecule has 0 bridgehead atoms. The Morgan fingerprint density at radius 2 is 2.14 bits per heavy atom. The van der Waals surface area contributed by atoms with Crippen molar-refractivity contribution in [2.45, 2.75) is 20.4 Å². The second kappa shape index (κ2) is 10.3. The predicted molar refractivity (Wildman–Crippen MR) is 120 cm³/mol. The maximum Gasteiger partial charge on any atom is 0.273 e. The molecule has 0 spiro atoms. The average molecular weight is 396 g/mol. The molecule has 8 nitrogen and oxygen atoms in total. The number of fused-ring (bicyclic) bond motifs is 1. The molecule has 1 amide bonds. The lowest BCUT2D eigenvalue weighted by Gasteiger charge is -2.16. The fraction of sp³-hybridized carbons (Fsp3) is 0.333. The van der Waals surface area contributed by atoms with Gasteiger partial charge in [-0.15, -0.1) is 0 Å². The maximum absolute atomic E-state index is 12.5. The van der Waals surface area contributed by atoms with Crippen molar-refractivity contribution in [1.82, 2.24) is 15.2 Å². The Kier molecular flexibility index (Phi) is 7.85. The van der Waals surface area contributed by atoms with Crippen LogP contribution >= 0.6 is 0 Å². The van der Waals surface area contributed by atoms with E-state index in [9.17, 15) is 4.79 Å². The van der Waals surface area contributed by atoms with Gasteiger partial charge >= 0.3 is 0 Å². The van der Waals surface area contributed by atoms with Gasteiger partial charge in [0.05, 0.1) is 5.52 Å². The quantitative estimate of drug-likeness (QED) is 0.445. The maximum atomic E-state index is 12.5. The number of carbonyl (C=O) groups excluding carboxylic acids is 1. The molecule has 0 aliphatic carbocycles. The highest BCUT2D eigenvalue weighted by atomic mass is 16.2. The van der Waals surface area contributed by atoms with Gasteiger partial charge < -0.3 is 21.3 Å². The van der Waals surface area contributed by atoms with Crippen LogP contribution in [0.2, 0.25) is 0 Å². The van der Waals surface area contributed by atoms with Gasteiger partial charge in [-0.2, -0.15) is 0 Å². The number of hydrogen-bond donors (Lipinski definition) is 3. The van der Waals surface area contributed by atoms with E-state index in [0.717, 1.165) is 40.9 Å². The minimum atomic E-state index is -0.420. The third-order valence-corrected chi connectivity index (χ3v) is 4.30. The molecule has 0 saturated carbocycles. The summed E-state index contributed by atoms with van der Waals surface area (Å²) in [7, 11) is 4.03. The van der Waals surface area contributed by atoms with E-state index in [0.29, 0.717) is 0 Å². The number of anilines is 1. The molecular weight excluding hydrogens is 366 g/mol. The van der Waals surface area contributed by atoms with Gasteiger partial charge in [0.15, 0.2) is 11.5 Å². The zero-order valence-corrected chi connectivity index (χ0v) is 17.5. The van der Waals surface area contributed by atoms with Crippen molar-refractivity contribution in [1.29, 1.82) is 0 Å². The van der Waals surface area contributed by atoms with E-state index >= 15 is 0 Å². The number of hydrogen-bond acceptors (Lipinski definition) is 7. The number of benzene rings is 1. The molecule has 2 aromatic rings. The Bertz CT molecular complexity index is 947. The predicted octanol–water partition coefficient (Wildman–Crippen LogP) is 2.05. The largest absolute Gasteiger partial charge is 0.382 e. The number of pyridine rings is 1. The van der Waals surface area contributed by atoms with E-state index in [1.54, 1.807) is 6.92 Å². The summed E-state index contributed by atoms with van der Waals surface area (Å²) < 4.78 is 0. The number of amides is 1. The van der Waals surface area contributed by atoms with Gasteiger partial charge in [0.2, 0.25) is 0 Å². The van der Waals surface area contributed by atoms with Crippen molar-refractivity contribution in [2.24, 2.45) is 15.7 Å². The van der Waals surface area contributed by atoms with Crippen molar-refractivity contribution in [3.05, 3.63) is 46.9 Å². The Labute approximate surface area is 171 Å². The third-order valence-electron chi connectivity index (χ3n) is 4.30. The number of nitrogens with one attached hydrogen (secondary N) is 2. The Balaban J connectivity index is 2.32. The normalized spacial score (nSPS) is 12.3. The van der Waals surface area contributed by atoms with E-state index in [4.69, 9.17) is 10.7 Å². The standard InChI is InChI=1S/C21H29N7O/c1-6-24-18(19(22)23-3)21(29)26-13-16-12-15-9-7-8-14(2)17(15)27-20(16)25-10-11-28(4)5/h6-9,12H,3,10-11,13,22H2,1-2,4-5H3,(H,25,27)(H,26,29)/b19-18-,24-6-. The van der Waals surface area contributed by atoms with Gasteiger partial charge in [-0.05, 0) is 46.3 Å². The van der Waals surface area contributed by atoms with E-state index in [1.807, 2.05) is 45.3 Å². The van der Waals surface area contributed by atoms with Crippen LogP contribution < -0.4 is 16.4 Å². The number of nitrogens with zero attached hydrogens (tertiary/aromatic N) is 4. The summed E-state index contributed by atoms with van der Waals surface area (Å²) in [4.78, 5) is 27.1. The number of aromatic nitrogens is 1. The molecule has 2 rings (SSSR count). The Morgan fingerprint density at radius 1 is 1.38 bits per heavy atom. The molecule has 0 fully saturated rings. The summed E-state index contributed by atoms with van der Waals surface area (Å²) in [6.45, 7) is 8.96. The number of rotatable bonds is 9. The molecule has 154 valence electrons. The van der Waals surface area contributed by atoms with Crippen LogP contribution in [0.4, 0.5) is 5.82 Å². The van der Waals surface area contributed by atoms with E-state index in [1.165, 1.54) is 6.21 Å². The van der Waals surface area contributed by atoms with Crippen LogP contribution in [0.5, 0.6) is 0 Å². The highest BCUT2D eigenvalue weighted by molar-refractivity contribution is 5.95. The van der Waals surface area contributed by atoms with Crippen LogP contribution in [-0.2, 0) is 11.3 Å². The van der Waals surface area contributed by atoms with Gasteiger partial charge in [-0.3, -0.25) is 9.79 Å². The molecule has 0 radical (unpaired) electrons. The summed E-state index contributed by atoms with van der Waals surface area (Å²) in [6, 6.07) is 8.07. The molecule has 0 atom stereocenters. The van der Waals surface area contributed by atoms with Crippen LogP contribution in [0.15, 0.2) is 45.8 Å². The Hall–Kier alpha value is -3.26. The number of likely N-dealkylation sites (N-methyl/N-ethyl adjacent to an activating group) is 1. The lowest BCUT2D eigenvalue weighted by atomic mass is 10.1. The smallest absolute Gasteiger partial charge is 0.273 e. The van der Waals surface area contributed by atoms with Crippen molar-refractivity contribution in [3.63, 3.8) is 0 Å². The van der Waals surface area contributed by atoms with E-state index in [2.05, 4.69) is 32.2 Å². The van der Waals surface area contributed by atoms with Crippen molar-refractivity contribution < 1.29 is 4.79 Å². The van der Waals surface area contributed by atoms with Crippen LogP contribution in [-0.4, -0.2) is 55.9 Å². The minimum absolute atomic E-state index is 0.0165. The molecule has 0 aliphatic rings.